The van der Waals surface area contributed by atoms with Crippen molar-refractivity contribution in [1.29, 1.82) is 0 Å². The van der Waals surface area contributed by atoms with Crippen molar-refractivity contribution in [2.24, 2.45) is 5.41 Å². The summed E-state index contributed by atoms with van der Waals surface area (Å²) < 4.78 is 0. The Balaban J connectivity index is 1.69. The quantitative estimate of drug-likeness (QED) is 0.831. The molecule has 3 nitrogen and oxygen atoms in total. The third-order valence-electron chi connectivity index (χ3n) is 4.95. The van der Waals surface area contributed by atoms with Gasteiger partial charge in [-0.15, -0.1) is 0 Å². The van der Waals surface area contributed by atoms with E-state index in [1.807, 2.05) is 24.3 Å². The van der Waals surface area contributed by atoms with E-state index in [1.165, 1.54) is 6.42 Å². The number of nitrogens with one attached hydrogen (secondary N) is 1. The van der Waals surface area contributed by atoms with Crippen LogP contribution in [0.25, 0.3) is 0 Å². The number of anilines is 1. The minimum Gasteiger partial charge on any atom is -0.399 e. The largest absolute Gasteiger partial charge is 0.399 e. The summed E-state index contributed by atoms with van der Waals surface area (Å²) in [5, 5.41) is 3.28. The summed E-state index contributed by atoms with van der Waals surface area (Å²) in [6.07, 6.45) is 5.32. The zero-order chi connectivity index (χ0) is 14.4. The van der Waals surface area contributed by atoms with Gasteiger partial charge in [-0.3, -0.25) is 4.79 Å². The summed E-state index contributed by atoms with van der Waals surface area (Å²) in [6.45, 7) is 4.57. The van der Waals surface area contributed by atoms with E-state index in [-0.39, 0.29) is 11.3 Å². The maximum Gasteiger partial charge on any atom is 0.230 e. The third kappa shape index (κ3) is 2.41. The molecule has 3 rings (SSSR count). The van der Waals surface area contributed by atoms with E-state index in [9.17, 15) is 4.79 Å². The van der Waals surface area contributed by atoms with Crippen molar-refractivity contribution >= 4 is 11.6 Å². The van der Waals surface area contributed by atoms with E-state index >= 15 is 0 Å². The molecule has 0 radical (unpaired) electrons. The van der Waals surface area contributed by atoms with E-state index in [1.54, 1.807) is 0 Å². The number of nitrogens with two attached hydrogens (primary N) is 1. The molecule has 0 bridgehead atoms. The standard InChI is InChI=1S/C17H24N2O/c1-16(2)8-7-14(11-16)19-15(20)17(9-10-17)12-3-5-13(18)6-4-12/h3-6,14H,7-11,18H2,1-2H3,(H,19,20). The van der Waals surface area contributed by atoms with E-state index in [4.69, 9.17) is 5.73 Å². The average Bonchev–Trinajstić information content (AvgIpc) is 3.12. The van der Waals surface area contributed by atoms with Crippen LogP contribution in [-0.2, 0) is 10.2 Å². The minimum absolute atomic E-state index is 0.213. The smallest absolute Gasteiger partial charge is 0.230 e. The summed E-state index contributed by atoms with van der Waals surface area (Å²) >= 11 is 0. The van der Waals surface area contributed by atoms with E-state index in [0.29, 0.717) is 11.5 Å². The van der Waals surface area contributed by atoms with Crippen LogP contribution in [-0.4, -0.2) is 11.9 Å². The number of nitrogen functional groups attached to an aromatic ring is 1. The second-order valence-corrected chi connectivity index (χ2v) is 7.28. The van der Waals surface area contributed by atoms with Gasteiger partial charge in [-0.2, -0.15) is 0 Å². The van der Waals surface area contributed by atoms with Crippen molar-refractivity contribution < 1.29 is 4.79 Å². The Morgan fingerprint density at radius 3 is 2.35 bits per heavy atom. The van der Waals surface area contributed by atoms with Crippen LogP contribution in [0.3, 0.4) is 0 Å². The zero-order valence-corrected chi connectivity index (χ0v) is 12.4. The summed E-state index contributed by atoms with van der Waals surface area (Å²) in [7, 11) is 0. The molecule has 2 aliphatic carbocycles. The number of benzene rings is 1. The maximum atomic E-state index is 12.6. The van der Waals surface area contributed by atoms with Gasteiger partial charge in [-0.1, -0.05) is 26.0 Å². The maximum absolute atomic E-state index is 12.6. The van der Waals surface area contributed by atoms with Crippen LogP contribution in [0.15, 0.2) is 24.3 Å². The SMILES string of the molecule is CC1(C)CCC(NC(=O)C2(c3ccc(N)cc3)CC2)C1. The molecule has 3 N–H and O–H groups in total. The average molecular weight is 272 g/mol. The van der Waals surface area contributed by atoms with Crippen molar-refractivity contribution in [3.63, 3.8) is 0 Å². The van der Waals surface area contributed by atoms with Crippen molar-refractivity contribution in [2.45, 2.75) is 57.4 Å². The number of carbonyl (C=O) groups excluding carboxylic acids is 1. The van der Waals surface area contributed by atoms with E-state index in [2.05, 4.69) is 19.2 Å². The molecule has 20 heavy (non-hydrogen) atoms. The number of carbonyl (C=O) groups is 1. The van der Waals surface area contributed by atoms with Crippen LogP contribution in [0.1, 0.15) is 51.5 Å². The Hall–Kier alpha value is -1.51. The van der Waals surface area contributed by atoms with Gasteiger partial charge in [0.2, 0.25) is 5.91 Å². The Kier molecular flexibility index (Phi) is 3.03. The Labute approximate surface area is 120 Å². The monoisotopic (exact) mass is 272 g/mol. The van der Waals surface area contributed by atoms with Crippen LogP contribution in [0, 0.1) is 5.41 Å². The molecule has 2 saturated carbocycles. The molecular formula is C17H24N2O. The Morgan fingerprint density at radius 2 is 1.85 bits per heavy atom. The van der Waals surface area contributed by atoms with Gasteiger partial charge in [0.1, 0.15) is 0 Å². The highest BCUT2D eigenvalue weighted by atomic mass is 16.2. The van der Waals surface area contributed by atoms with Gasteiger partial charge < -0.3 is 11.1 Å². The summed E-state index contributed by atoms with van der Waals surface area (Å²) in [5.74, 6) is 0.213. The lowest BCUT2D eigenvalue weighted by Crippen LogP contribution is -2.40. The van der Waals surface area contributed by atoms with Gasteiger partial charge >= 0.3 is 0 Å². The van der Waals surface area contributed by atoms with Crippen molar-refractivity contribution in [3.05, 3.63) is 29.8 Å². The van der Waals surface area contributed by atoms with Gasteiger partial charge in [0, 0.05) is 11.7 Å². The molecule has 0 aliphatic heterocycles. The van der Waals surface area contributed by atoms with E-state index in [0.717, 1.165) is 36.9 Å². The number of rotatable bonds is 3. The van der Waals surface area contributed by atoms with Crippen molar-refractivity contribution in [2.75, 3.05) is 5.73 Å². The lowest BCUT2D eigenvalue weighted by molar-refractivity contribution is -0.124. The first-order valence-corrected chi connectivity index (χ1v) is 7.58. The molecule has 1 aromatic rings. The summed E-state index contributed by atoms with van der Waals surface area (Å²) in [6, 6.07) is 8.13. The summed E-state index contributed by atoms with van der Waals surface area (Å²) in [4.78, 5) is 12.6. The van der Waals surface area contributed by atoms with Crippen LogP contribution in [0.2, 0.25) is 0 Å². The molecular weight excluding hydrogens is 248 g/mol. The first kappa shape index (κ1) is 13.5. The molecule has 2 fully saturated rings. The topological polar surface area (TPSA) is 55.1 Å². The number of hydrogen-bond acceptors (Lipinski definition) is 2. The number of amides is 1. The highest BCUT2D eigenvalue weighted by Crippen LogP contribution is 2.49. The molecule has 108 valence electrons. The van der Waals surface area contributed by atoms with Crippen LogP contribution in [0.4, 0.5) is 5.69 Å². The lowest BCUT2D eigenvalue weighted by Gasteiger charge is -2.21. The molecule has 0 saturated heterocycles. The van der Waals surface area contributed by atoms with Gasteiger partial charge in [0.15, 0.2) is 0 Å². The molecule has 2 aliphatic rings. The fourth-order valence-electron chi connectivity index (χ4n) is 3.46. The zero-order valence-electron chi connectivity index (χ0n) is 12.4. The molecule has 1 unspecified atom stereocenters. The predicted octanol–water partition coefficient (Wildman–Crippen LogP) is 3.00. The lowest BCUT2D eigenvalue weighted by atomic mass is 9.91. The molecule has 0 heterocycles. The Morgan fingerprint density at radius 1 is 1.20 bits per heavy atom. The molecule has 3 heteroatoms. The highest BCUT2D eigenvalue weighted by Gasteiger charge is 2.51. The van der Waals surface area contributed by atoms with Gasteiger partial charge in [-0.25, -0.2) is 0 Å². The van der Waals surface area contributed by atoms with E-state index < -0.39 is 0 Å². The molecule has 1 atom stereocenters. The van der Waals surface area contributed by atoms with Gasteiger partial charge in [0.25, 0.3) is 0 Å². The van der Waals surface area contributed by atoms with Crippen LogP contribution < -0.4 is 11.1 Å². The normalized spacial score (nSPS) is 26.2. The Bertz CT molecular complexity index is 514. The van der Waals surface area contributed by atoms with Crippen LogP contribution >= 0.6 is 0 Å². The minimum atomic E-state index is -0.277. The first-order valence-electron chi connectivity index (χ1n) is 7.58. The molecule has 1 amide bonds. The molecule has 0 spiro atoms. The van der Waals surface area contributed by atoms with Gasteiger partial charge in [-0.05, 0) is 55.2 Å². The second kappa shape index (κ2) is 4.51. The predicted molar refractivity (Wildman–Crippen MR) is 81.3 cm³/mol. The number of hydrogen-bond donors (Lipinski definition) is 2. The van der Waals surface area contributed by atoms with Gasteiger partial charge in [0.05, 0.1) is 5.41 Å². The first-order chi connectivity index (χ1) is 9.41. The fourth-order valence-corrected chi connectivity index (χ4v) is 3.46. The molecule has 1 aromatic carbocycles. The highest BCUT2D eigenvalue weighted by molar-refractivity contribution is 5.91. The summed E-state index contributed by atoms with van der Waals surface area (Å²) in [5.41, 5.74) is 7.69. The third-order valence-corrected chi connectivity index (χ3v) is 4.95. The molecule has 0 aromatic heterocycles. The van der Waals surface area contributed by atoms with Crippen LogP contribution in [0.5, 0.6) is 0 Å². The van der Waals surface area contributed by atoms with Crippen molar-refractivity contribution in [3.8, 4) is 0 Å². The fraction of sp³-hybridized carbons (Fsp3) is 0.588. The second-order valence-electron chi connectivity index (χ2n) is 7.28. The van der Waals surface area contributed by atoms with Crippen molar-refractivity contribution in [1.82, 2.24) is 5.32 Å².